The number of halogens is 1. The summed E-state index contributed by atoms with van der Waals surface area (Å²) in [5.74, 6) is -0.833. The SMILES string of the molecule is O=C(c1cccc(NS(=O)(=O)N2CCCC2)c1F)c1c[nH]c2ncnc(NCC3CC(O)C3)c12. The van der Waals surface area contributed by atoms with Crippen LogP contribution in [0.3, 0.4) is 0 Å². The molecular formula is C22H25FN6O4S. The van der Waals surface area contributed by atoms with Crippen LogP contribution in [0.15, 0.2) is 30.7 Å². The van der Waals surface area contributed by atoms with Gasteiger partial charge in [-0.15, -0.1) is 0 Å². The summed E-state index contributed by atoms with van der Waals surface area (Å²) in [6, 6.07) is 4.04. The van der Waals surface area contributed by atoms with Gasteiger partial charge in [0.05, 0.1) is 28.3 Å². The molecule has 2 aromatic heterocycles. The Balaban J connectivity index is 1.43. The topological polar surface area (TPSA) is 140 Å². The normalized spacial score (nSPS) is 20.9. The second-order valence-electron chi connectivity index (χ2n) is 8.73. The maximum Gasteiger partial charge on any atom is 0.301 e. The van der Waals surface area contributed by atoms with Crippen LogP contribution in [0.2, 0.25) is 0 Å². The van der Waals surface area contributed by atoms with Gasteiger partial charge in [0.1, 0.15) is 17.8 Å². The minimum atomic E-state index is -3.91. The van der Waals surface area contributed by atoms with E-state index in [0.29, 0.717) is 55.2 Å². The lowest BCUT2D eigenvalue weighted by Gasteiger charge is -2.31. The molecule has 1 saturated carbocycles. The quantitative estimate of drug-likeness (QED) is 0.357. The van der Waals surface area contributed by atoms with E-state index in [1.807, 2.05) is 0 Å². The van der Waals surface area contributed by atoms with Crippen LogP contribution in [0, 0.1) is 11.7 Å². The summed E-state index contributed by atoms with van der Waals surface area (Å²) in [6.45, 7) is 1.32. The van der Waals surface area contributed by atoms with Crippen molar-refractivity contribution in [2.45, 2.75) is 31.8 Å². The second kappa shape index (κ2) is 8.93. The van der Waals surface area contributed by atoms with Crippen LogP contribution in [-0.2, 0) is 10.2 Å². The lowest BCUT2D eigenvalue weighted by atomic mass is 9.82. The van der Waals surface area contributed by atoms with Gasteiger partial charge in [0.15, 0.2) is 11.6 Å². The van der Waals surface area contributed by atoms with E-state index >= 15 is 4.39 Å². The molecule has 0 atom stereocenters. The Kier molecular flexibility index (Phi) is 5.96. The third-order valence-corrected chi connectivity index (χ3v) is 7.89. The number of aromatic nitrogens is 3. The molecule has 4 N–H and O–H groups in total. The summed E-state index contributed by atoms with van der Waals surface area (Å²) in [7, 11) is -3.91. The van der Waals surface area contributed by atoms with Crippen LogP contribution in [0.25, 0.3) is 11.0 Å². The van der Waals surface area contributed by atoms with E-state index < -0.39 is 21.8 Å². The Labute approximate surface area is 195 Å². The molecule has 0 bridgehead atoms. The molecule has 0 unspecified atom stereocenters. The number of benzene rings is 1. The Hall–Kier alpha value is -3.09. The molecule has 10 nitrogen and oxygen atoms in total. The number of rotatable bonds is 8. The summed E-state index contributed by atoms with van der Waals surface area (Å²) < 4.78 is 44.0. The number of nitrogens with one attached hydrogen (secondary N) is 3. The zero-order chi connectivity index (χ0) is 23.9. The first-order chi connectivity index (χ1) is 16.3. The number of hydrogen-bond acceptors (Lipinski definition) is 7. The molecule has 0 amide bonds. The van der Waals surface area contributed by atoms with E-state index in [-0.39, 0.29) is 22.9 Å². The lowest BCUT2D eigenvalue weighted by molar-refractivity contribution is 0.0486. The van der Waals surface area contributed by atoms with E-state index in [9.17, 15) is 18.3 Å². The molecule has 1 aliphatic carbocycles. The molecule has 0 spiro atoms. The zero-order valence-electron chi connectivity index (χ0n) is 18.3. The van der Waals surface area contributed by atoms with E-state index in [0.717, 1.165) is 12.8 Å². The van der Waals surface area contributed by atoms with Crippen molar-refractivity contribution in [2.24, 2.45) is 5.92 Å². The number of carbonyl (C=O) groups is 1. The Morgan fingerprint density at radius 3 is 2.71 bits per heavy atom. The predicted octanol–water partition coefficient (Wildman–Crippen LogP) is 2.26. The average Bonchev–Trinajstić information content (AvgIpc) is 3.48. The molecule has 1 aromatic carbocycles. The van der Waals surface area contributed by atoms with Crippen molar-refractivity contribution < 1.29 is 22.7 Å². The monoisotopic (exact) mass is 488 g/mol. The van der Waals surface area contributed by atoms with E-state index in [4.69, 9.17) is 0 Å². The molecule has 3 aromatic rings. The van der Waals surface area contributed by atoms with Gasteiger partial charge in [-0.1, -0.05) is 6.07 Å². The number of anilines is 2. The maximum absolute atomic E-state index is 15.3. The van der Waals surface area contributed by atoms with Gasteiger partial charge >= 0.3 is 10.2 Å². The molecule has 180 valence electrons. The third kappa shape index (κ3) is 4.24. The Morgan fingerprint density at radius 1 is 1.21 bits per heavy atom. The van der Waals surface area contributed by atoms with Crippen molar-refractivity contribution in [3.05, 3.63) is 47.7 Å². The van der Waals surface area contributed by atoms with Gasteiger partial charge in [0, 0.05) is 25.8 Å². The standard InChI is InChI=1S/C22H25FN6O4S/c23-19-15(4-3-5-17(19)28-34(32,33)29-6-1-2-7-29)20(31)16-11-25-22-18(16)21(26-12-27-22)24-10-13-8-14(30)9-13/h3-5,11-14,28,30H,1-2,6-10H2,(H2,24,25,26,27). The number of H-pyrrole nitrogens is 1. The molecule has 1 saturated heterocycles. The fraction of sp³-hybridized carbons (Fsp3) is 0.409. The second-order valence-corrected chi connectivity index (χ2v) is 10.4. The summed E-state index contributed by atoms with van der Waals surface area (Å²) >= 11 is 0. The number of aliphatic hydroxyl groups excluding tert-OH is 1. The molecule has 2 fully saturated rings. The summed E-state index contributed by atoms with van der Waals surface area (Å²) in [4.78, 5) is 24.7. The number of aromatic amines is 1. The van der Waals surface area contributed by atoms with Gasteiger partial charge in [-0.3, -0.25) is 9.52 Å². The highest BCUT2D eigenvalue weighted by Gasteiger charge is 2.29. The van der Waals surface area contributed by atoms with E-state index in [2.05, 4.69) is 25.0 Å². The number of aliphatic hydroxyl groups is 1. The molecule has 5 rings (SSSR count). The third-order valence-electron chi connectivity index (χ3n) is 6.37. The van der Waals surface area contributed by atoms with Gasteiger partial charge < -0.3 is 15.4 Å². The zero-order valence-corrected chi connectivity index (χ0v) is 19.1. The van der Waals surface area contributed by atoms with Crippen molar-refractivity contribution in [1.82, 2.24) is 19.3 Å². The van der Waals surface area contributed by atoms with Gasteiger partial charge in [-0.05, 0) is 43.7 Å². The fourth-order valence-corrected chi connectivity index (χ4v) is 5.75. The minimum Gasteiger partial charge on any atom is -0.393 e. The molecule has 34 heavy (non-hydrogen) atoms. The summed E-state index contributed by atoms with van der Waals surface area (Å²) in [6.07, 6.45) is 5.43. The van der Waals surface area contributed by atoms with Crippen molar-refractivity contribution in [3.8, 4) is 0 Å². The van der Waals surface area contributed by atoms with Crippen LogP contribution in [0.5, 0.6) is 0 Å². The maximum atomic E-state index is 15.3. The van der Waals surface area contributed by atoms with E-state index in [1.165, 1.54) is 35.0 Å². The molecule has 2 aliphatic rings. The van der Waals surface area contributed by atoms with Crippen molar-refractivity contribution in [2.75, 3.05) is 29.7 Å². The number of ketones is 1. The van der Waals surface area contributed by atoms with Crippen molar-refractivity contribution in [1.29, 1.82) is 0 Å². The van der Waals surface area contributed by atoms with Crippen LogP contribution in [-0.4, -0.2) is 64.3 Å². The first-order valence-corrected chi connectivity index (χ1v) is 12.6. The fourth-order valence-electron chi connectivity index (χ4n) is 4.45. The number of nitrogens with zero attached hydrogens (tertiary/aromatic N) is 3. The molecule has 0 radical (unpaired) electrons. The Bertz CT molecular complexity index is 1330. The number of fused-ring (bicyclic) bond motifs is 1. The first kappa shape index (κ1) is 22.7. The number of hydrogen-bond donors (Lipinski definition) is 4. The number of carbonyl (C=O) groups excluding carboxylic acids is 1. The molecular weight excluding hydrogens is 463 g/mol. The minimum absolute atomic E-state index is 0.171. The summed E-state index contributed by atoms with van der Waals surface area (Å²) in [5.41, 5.74) is 0.0427. The smallest absolute Gasteiger partial charge is 0.301 e. The first-order valence-electron chi connectivity index (χ1n) is 11.2. The highest BCUT2D eigenvalue weighted by molar-refractivity contribution is 7.90. The van der Waals surface area contributed by atoms with Gasteiger partial charge in [0.2, 0.25) is 0 Å². The highest BCUT2D eigenvalue weighted by atomic mass is 32.2. The van der Waals surface area contributed by atoms with Crippen LogP contribution in [0.1, 0.15) is 41.6 Å². The van der Waals surface area contributed by atoms with Crippen LogP contribution < -0.4 is 10.0 Å². The largest absolute Gasteiger partial charge is 0.393 e. The highest BCUT2D eigenvalue weighted by Crippen LogP contribution is 2.31. The van der Waals surface area contributed by atoms with Gasteiger partial charge in [-0.25, -0.2) is 14.4 Å². The van der Waals surface area contributed by atoms with Gasteiger partial charge in [0.25, 0.3) is 0 Å². The van der Waals surface area contributed by atoms with Crippen LogP contribution in [0.4, 0.5) is 15.9 Å². The van der Waals surface area contributed by atoms with Crippen molar-refractivity contribution >= 4 is 38.5 Å². The lowest BCUT2D eigenvalue weighted by Crippen LogP contribution is -2.33. The molecule has 12 heteroatoms. The van der Waals surface area contributed by atoms with Gasteiger partial charge in [-0.2, -0.15) is 12.7 Å². The Morgan fingerprint density at radius 2 is 1.97 bits per heavy atom. The predicted molar refractivity (Wildman–Crippen MR) is 124 cm³/mol. The average molecular weight is 489 g/mol. The van der Waals surface area contributed by atoms with Crippen LogP contribution >= 0.6 is 0 Å². The van der Waals surface area contributed by atoms with Crippen molar-refractivity contribution in [3.63, 3.8) is 0 Å². The van der Waals surface area contributed by atoms with E-state index in [1.54, 1.807) is 0 Å². The summed E-state index contributed by atoms with van der Waals surface area (Å²) in [5, 5.41) is 13.1. The molecule has 1 aliphatic heterocycles. The molecule has 3 heterocycles.